The lowest BCUT2D eigenvalue weighted by atomic mass is 10.0. The van der Waals surface area contributed by atoms with Gasteiger partial charge in [0.15, 0.2) is 0 Å². The SMILES string of the molecule is COc1ccc2c(c1)C(C)=C(Br)C(O)O2. The van der Waals surface area contributed by atoms with Gasteiger partial charge in [-0.05, 0) is 46.6 Å². The van der Waals surface area contributed by atoms with Crippen molar-refractivity contribution in [3.8, 4) is 11.5 Å². The van der Waals surface area contributed by atoms with E-state index in [1.165, 1.54) is 0 Å². The fourth-order valence-electron chi connectivity index (χ4n) is 1.52. The fraction of sp³-hybridized carbons (Fsp3) is 0.273. The van der Waals surface area contributed by atoms with Crippen LogP contribution in [0.15, 0.2) is 22.7 Å². The van der Waals surface area contributed by atoms with Crippen molar-refractivity contribution in [3.63, 3.8) is 0 Å². The predicted molar refractivity (Wildman–Crippen MR) is 61.1 cm³/mol. The van der Waals surface area contributed by atoms with Crippen LogP contribution in [0.4, 0.5) is 0 Å². The number of allylic oxidation sites excluding steroid dienone is 1. The van der Waals surface area contributed by atoms with E-state index in [0.717, 1.165) is 16.9 Å². The summed E-state index contributed by atoms with van der Waals surface area (Å²) in [5.41, 5.74) is 1.90. The minimum atomic E-state index is -0.911. The lowest BCUT2D eigenvalue weighted by Crippen LogP contribution is -2.20. The Kier molecular flexibility index (Phi) is 2.71. The van der Waals surface area contributed by atoms with Crippen LogP contribution >= 0.6 is 15.9 Å². The maximum Gasteiger partial charge on any atom is 0.231 e. The van der Waals surface area contributed by atoms with E-state index in [1.54, 1.807) is 19.2 Å². The minimum Gasteiger partial charge on any atom is -0.497 e. The Labute approximate surface area is 96.4 Å². The lowest BCUT2D eigenvalue weighted by Gasteiger charge is -2.24. The van der Waals surface area contributed by atoms with E-state index < -0.39 is 6.29 Å². The number of aliphatic hydroxyl groups excluding tert-OH is 1. The van der Waals surface area contributed by atoms with Gasteiger partial charge in [0.2, 0.25) is 6.29 Å². The van der Waals surface area contributed by atoms with Crippen molar-refractivity contribution >= 4 is 21.5 Å². The standard InChI is InChI=1S/C11H11BrO3/c1-6-8-5-7(14-2)3-4-9(8)15-11(13)10(6)12/h3-5,11,13H,1-2H3. The second-order valence-corrected chi connectivity index (χ2v) is 4.16. The molecule has 0 fully saturated rings. The summed E-state index contributed by atoms with van der Waals surface area (Å²) >= 11 is 3.30. The van der Waals surface area contributed by atoms with Crippen LogP contribution in [0.5, 0.6) is 11.5 Å². The molecule has 3 nitrogen and oxygen atoms in total. The molecule has 15 heavy (non-hydrogen) atoms. The molecule has 0 saturated heterocycles. The first-order chi connectivity index (χ1) is 7.13. The molecule has 0 aliphatic carbocycles. The average molecular weight is 271 g/mol. The van der Waals surface area contributed by atoms with Gasteiger partial charge >= 0.3 is 0 Å². The zero-order valence-corrected chi connectivity index (χ0v) is 10.0. The van der Waals surface area contributed by atoms with Crippen LogP contribution in [0, 0.1) is 0 Å². The van der Waals surface area contributed by atoms with Crippen molar-refractivity contribution in [3.05, 3.63) is 28.2 Å². The fourth-order valence-corrected chi connectivity index (χ4v) is 1.82. The molecule has 1 aliphatic heterocycles. The minimum absolute atomic E-state index is 0.656. The Morgan fingerprint density at radius 2 is 2.20 bits per heavy atom. The zero-order chi connectivity index (χ0) is 11.0. The summed E-state index contributed by atoms with van der Waals surface area (Å²) in [6, 6.07) is 5.48. The number of benzene rings is 1. The van der Waals surface area contributed by atoms with Gasteiger partial charge in [-0.15, -0.1) is 0 Å². The normalized spacial score (nSPS) is 19.6. The van der Waals surface area contributed by atoms with Crippen LogP contribution in [0.3, 0.4) is 0 Å². The molecule has 80 valence electrons. The van der Waals surface area contributed by atoms with Gasteiger partial charge in [-0.2, -0.15) is 0 Å². The summed E-state index contributed by atoms with van der Waals surface area (Å²) in [5.74, 6) is 1.44. The molecule has 0 radical (unpaired) electrons. The maximum atomic E-state index is 9.56. The number of halogens is 1. The van der Waals surface area contributed by atoms with E-state index in [2.05, 4.69) is 15.9 Å². The molecule has 1 heterocycles. The molecule has 0 spiro atoms. The van der Waals surface area contributed by atoms with Crippen molar-refractivity contribution < 1.29 is 14.6 Å². The van der Waals surface area contributed by atoms with Gasteiger partial charge in [0, 0.05) is 5.56 Å². The van der Waals surface area contributed by atoms with E-state index >= 15 is 0 Å². The van der Waals surface area contributed by atoms with Gasteiger partial charge in [0.05, 0.1) is 11.6 Å². The Morgan fingerprint density at radius 3 is 2.87 bits per heavy atom. The second kappa shape index (κ2) is 3.87. The van der Waals surface area contributed by atoms with E-state index in [1.807, 2.05) is 13.0 Å². The Morgan fingerprint density at radius 1 is 1.47 bits per heavy atom. The third kappa shape index (κ3) is 1.75. The number of rotatable bonds is 1. The monoisotopic (exact) mass is 270 g/mol. The van der Waals surface area contributed by atoms with Crippen LogP contribution in [0.2, 0.25) is 0 Å². The molecule has 0 bridgehead atoms. The van der Waals surface area contributed by atoms with Gasteiger partial charge in [0.25, 0.3) is 0 Å². The summed E-state index contributed by atoms with van der Waals surface area (Å²) in [7, 11) is 1.62. The first kappa shape index (κ1) is 10.5. The third-order valence-corrected chi connectivity index (χ3v) is 3.39. The van der Waals surface area contributed by atoms with Gasteiger partial charge < -0.3 is 14.6 Å². The highest BCUT2D eigenvalue weighted by Gasteiger charge is 2.23. The highest BCUT2D eigenvalue weighted by molar-refractivity contribution is 9.11. The molecule has 1 aromatic rings. The summed E-state index contributed by atoms with van der Waals surface area (Å²) in [6.07, 6.45) is -0.911. The molecule has 0 saturated carbocycles. The first-order valence-corrected chi connectivity index (χ1v) is 5.32. The zero-order valence-electron chi connectivity index (χ0n) is 8.45. The highest BCUT2D eigenvalue weighted by Crippen LogP contribution is 2.39. The molecule has 2 rings (SSSR count). The Hall–Kier alpha value is -1.00. The molecule has 0 aromatic heterocycles. The van der Waals surface area contributed by atoms with E-state index in [-0.39, 0.29) is 0 Å². The third-order valence-electron chi connectivity index (χ3n) is 2.40. The van der Waals surface area contributed by atoms with Crippen molar-refractivity contribution in [1.82, 2.24) is 0 Å². The van der Waals surface area contributed by atoms with Crippen molar-refractivity contribution in [2.24, 2.45) is 0 Å². The quantitative estimate of drug-likeness (QED) is 0.853. The molecular weight excluding hydrogens is 260 g/mol. The van der Waals surface area contributed by atoms with Gasteiger partial charge in [0.1, 0.15) is 11.5 Å². The molecular formula is C11H11BrO3. The number of ether oxygens (including phenoxy) is 2. The van der Waals surface area contributed by atoms with E-state index in [0.29, 0.717) is 10.2 Å². The van der Waals surface area contributed by atoms with Crippen LogP contribution in [0.1, 0.15) is 12.5 Å². The first-order valence-electron chi connectivity index (χ1n) is 4.53. The molecule has 1 aromatic carbocycles. The Balaban J connectivity index is 2.55. The van der Waals surface area contributed by atoms with Crippen molar-refractivity contribution in [2.75, 3.05) is 7.11 Å². The van der Waals surface area contributed by atoms with Crippen molar-refractivity contribution in [2.45, 2.75) is 13.2 Å². The average Bonchev–Trinajstić information content (AvgIpc) is 2.26. The van der Waals surface area contributed by atoms with E-state index in [9.17, 15) is 5.11 Å². The maximum absolute atomic E-state index is 9.56. The largest absolute Gasteiger partial charge is 0.497 e. The van der Waals surface area contributed by atoms with Crippen LogP contribution in [0.25, 0.3) is 5.57 Å². The highest BCUT2D eigenvalue weighted by atomic mass is 79.9. The summed E-state index contributed by atoms with van der Waals surface area (Å²) in [4.78, 5) is 0. The van der Waals surface area contributed by atoms with Crippen LogP contribution in [-0.4, -0.2) is 18.5 Å². The lowest BCUT2D eigenvalue weighted by molar-refractivity contribution is 0.0198. The molecule has 1 N–H and O–H groups in total. The summed E-state index contributed by atoms with van der Waals surface area (Å²) < 4.78 is 11.1. The van der Waals surface area contributed by atoms with Gasteiger partial charge in [-0.1, -0.05) is 0 Å². The number of aliphatic hydroxyl groups is 1. The number of hydrogen-bond acceptors (Lipinski definition) is 3. The van der Waals surface area contributed by atoms with Crippen molar-refractivity contribution in [1.29, 1.82) is 0 Å². The molecule has 0 amide bonds. The number of hydrogen-bond donors (Lipinski definition) is 1. The summed E-state index contributed by atoms with van der Waals surface area (Å²) in [5, 5.41) is 9.56. The van der Waals surface area contributed by atoms with Crippen LogP contribution < -0.4 is 9.47 Å². The van der Waals surface area contributed by atoms with E-state index in [4.69, 9.17) is 9.47 Å². The molecule has 1 unspecified atom stereocenters. The second-order valence-electron chi connectivity index (χ2n) is 3.31. The molecule has 1 atom stereocenters. The molecule has 4 heteroatoms. The van der Waals surface area contributed by atoms with Crippen LogP contribution in [-0.2, 0) is 0 Å². The predicted octanol–water partition coefficient (Wildman–Crippen LogP) is 2.53. The van der Waals surface area contributed by atoms with Gasteiger partial charge in [-0.25, -0.2) is 0 Å². The topological polar surface area (TPSA) is 38.7 Å². The smallest absolute Gasteiger partial charge is 0.231 e. The molecule has 1 aliphatic rings. The number of fused-ring (bicyclic) bond motifs is 1. The van der Waals surface area contributed by atoms with Gasteiger partial charge in [-0.3, -0.25) is 0 Å². The summed E-state index contributed by atoms with van der Waals surface area (Å²) in [6.45, 7) is 1.92. The Bertz CT molecular complexity index is 426. The number of methoxy groups -OCH3 is 1.